The molecule has 4 rings (SSSR count). The van der Waals surface area contributed by atoms with E-state index in [1.165, 1.54) is 54.8 Å². The van der Waals surface area contributed by atoms with E-state index in [4.69, 9.17) is 9.47 Å². The second kappa shape index (κ2) is 15.3. The van der Waals surface area contributed by atoms with Gasteiger partial charge in [0.2, 0.25) is 0 Å². The summed E-state index contributed by atoms with van der Waals surface area (Å²) in [5, 5.41) is 0.782. The molecule has 1 heterocycles. The molecular formula is C34H42N2O2Si. The summed E-state index contributed by atoms with van der Waals surface area (Å²) in [6.45, 7) is 5.95. The maximum absolute atomic E-state index is 6.25. The minimum atomic E-state index is -0.499. The van der Waals surface area contributed by atoms with E-state index in [1.807, 2.05) is 12.5 Å². The summed E-state index contributed by atoms with van der Waals surface area (Å²) in [6, 6.07) is 28.0. The van der Waals surface area contributed by atoms with Crippen molar-refractivity contribution in [1.82, 2.24) is 9.55 Å². The van der Waals surface area contributed by atoms with Gasteiger partial charge in [-0.15, -0.1) is 0 Å². The lowest BCUT2D eigenvalue weighted by atomic mass is 9.96. The highest BCUT2D eigenvalue weighted by Gasteiger charge is 2.38. The molecule has 0 aliphatic carbocycles. The molecule has 5 heteroatoms. The van der Waals surface area contributed by atoms with E-state index in [-0.39, 0.29) is 0 Å². The van der Waals surface area contributed by atoms with Gasteiger partial charge in [-0.25, -0.2) is 4.98 Å². The number of aromatic nitrogens is 2. The van der Waals surface area contributed by atoms with Gasteiger partial charge in [-0.1, -0.05) is 112 Å². The number of ether oxygens (including phenoxy) is 2. The highest BCUT2D eigenvalue weighted by atomic mass is 28.2. The van der Waals surface area contributed by atoms with E-state index in [9.17, 15) is 0 Å². The molecule has 0 bridgehead atoms. The molecule has 0 amide bonds. The highest BCUT2D eigenvalue weighted by Crippen LogP contribution is 2.36. The second-order valence-corrected chi connectivity index (χ2v) is 11.6. The monoisotopic (exact) mass is 538 g/mol. The van der Waals surface area contributed by atoms with Crippen LogP contribution in [0.1, 0.15) is 76.3 Å². The summed E-state index contributed by atoms with van der Waals surface area (Å²) in [6.07, 6.45) is 15.4. The average Bonchev–Trinajstić information content (AvgIpc) is 3.52. The highest BCUT2D eigenvalue weighted by molar-refractivity contribution is 6.57. The smallest absolute Gasteiger partial charge is 0.127 e. The lowest BCUT2D eigenvalue weighted by Crippen LogP contribution is -2.46. The van der Waals surface area contributed by atoms with Crippen molar-refractivity contribution in [3.8, 4) is 11.5 Å². The van der Waals surface area contributed by atoms with Gasteiger partial charge < -0.3 is 14.0 Å². The largest absolute Gasteiger partial charge is 0.494 e. The predicted molar refractivity (Wildman–Crippen MR) is 162 cm³/mol. The van der Waals surface area contributed by atoms with Gasteiger partial charge in [0.1, 0.15) is 21.0 Å². The van der Waals surface area contributed by atoms with Gasteiger partial charge in [0.15, 0.2) is 0 Å². The molecule has 2 radical (unpaired) electrons. The summed E-state index contributed by atoms with van der Waals surface area (Å²) < 4.78 is 14.8. The number of imidazole rings is 1. The van der Waals surface area contributed by atoms with E-state index in [0.29, 0.717) is 9.52 Å². The van der Waals surface area contributed by atoms with Gasteiger partial charge in [0.05, 0.1) is 24.7 Å². The molecule has 1 aromatic heterocycles. The van der Waals surface area contributed by atoms with Crippen molar-refractivity contribution in [3.05, 3.63) is 109 Å². The normalized spacial score (nSPS) is 11.4. The molecule has 4 aromatic rings. The fourth-order valence-corrected chi connectivity index (χ4v) is 6.56. The quantitative estimate of drug-likeness (QED) is 0.103. The summed E-state index contributed by atoms with van der Waals surface area (Å²) in [7, 11) is 0.424. The molecule has 0 aliphatic heterocycles. The number of unbranched alkanes of at least 4 members (excludes halogenated alkanes) is 6. The minimum Gasteiger partial charge on any atom is -0.494 e. The van der Waals surface area contributed by atoms with Crippen LogP contribution in [-0.4, -0.2) is 32.3 Å². The molecule has 0 fully saturated rings. The zero-order valence-corrected chi connectivity index (χ0v) is 24.5. The summed E-state index contributed by atoms with van der Waals surface area (Å²) in [5.41, 5.74) is 2.35. The van der Waals surface area contributed by atoms with Crippen LogP contribution in [0, 0.1) is 0 Å². The summed E-state index contributed by atoms with van der Waals surface area (Å²) >= 11 is 0. The first-order chi connectivity index (χ1) is 19.3. The Balaban J connectivity index is 1.73. The molecule has 0 saturated carbocycles. The van der Waals surface area contributed by atoms with Crippen molar-refractivity contribution in [3.63, 3.8) is 0 Å². The van der Waals surface area contributed by atoms with Gasteiger partial charge in [-0.3, -0.25) is 0 Å². The first-order valence-corrected chi connectivity index (χ1v) is 15.5. The van der Waals surface area contributed by atoms with Crippen LogP contribution in [0.3, 0.4) is 0 Å². The first-order valence-electron chi connectivity index (χ1n) is 14.5. The van der Waals surface area contributed by atoms with Crippen LogP contribution < -0.4 is 14.7 Å². The molecule has 0 N–H and O–H groups in total. The van der Waals surface area contributed by atoms with Crippen LogP contribution in [-0.2, 0) is 5.16 Å². The molecule has 0 unspecified atom stereocenters. The van der Waals surface area contributed by atoms with E-state index in [1.54, 1.807) is 0 Å². The Kier molecular flexibility index (Phi) is 11.3. The van der Waals surface area contributed by atoms with Crippen LogP contribution in [0.15, 0.2) is 97.6 Å². The van der Waals surface area contributed by atoms with E-state index in [0.717, 1.165) is 37.6 Å². The van der Waals surface area contributed by atoms with E-state index in [2.05, 4.69) is 108 Å². The third-order valence-corrected chi connectivity index (χ3v) is 8.85. The first kappa shape index (κ1) is 28.7. The number of nitrogens with zero attached hydrogens (tertiary/aromatic N) is 2. The molecule has 39 heavy (non-hydrogen) atoms. The number of benzene rings is 3. The van der Waals surface area contributed by atoms with Crippen molar-refractivity contribution in [1.29, 1.82) is 0 Å². The van der Waals surface area contributed by atoms with Gasteiger partial charge in [0, 0.05) is 12.4 Å². The van der Waals surface area contributed by atoms with Gasteiger partial charge in [0.25, 0.3) is 0 Å². The Bertz CT molecular complexity index is 1170. The lowest BCUT2D eigenvalue weighted by molar-refractivity contribution is 0.304. The fraction of sp³-hybridized carbons (Fsp3) is 0.382. The second-order valence-electron chi connectivity index (χ2n) is 10.0. The average molecular weight is 539 g/mol. The van der Waals surface area contributed by atoms with E-state index < -0.39 is 5.16 Å². The summed E-state index contributed by atoms with van der Waals surface area (Å²) in [5.74, 6) is 1.82. The molecule has 3 aromatic carbocycles. The van der Waals surface area contributed by atoms with Gasteiger partial charge >= 0.3 is 0 Å². The molecule has 4 nitrogen and oxygen atoms in total. The minimum absolute atomic E-state index is 0.424. The number of hydrogen-bond acceptors (Lipinski definition) is 3. The predicted octanol–water partition coefficient (Wildman–Crippen LogP) is 7.58. The van der Waals surface area contributed by atoms with Crippen LogP contribution in [0.2, 0.25) is 0 Å². The third-order valence-electron chi connectivity index (χ3n) is 7.03. The van der Waals surface area contributed by atoms with Gasteiger partial charge in [-0.2, -0.15) is 0 Å². The van der Waals surface area contributed by atoms with Crippen LogP contribution in [0.5, 0.6) is 11.5 Å². The van der Waals surface area contributed by atoms with Crippen LogP contribution in [0.25, 0.3) is 0 Å². The number of hydrogen-bond donors (Lipinski definition) is 0. The van der Waals surface area contributed by atoms with Crippen LogP contribution in [0.4, 0.5) is 0 Å². The Morgan fingerprint density at radius 2 is 1.28 bits per heavy atom. The molecule has 0 atom stereocenters. The topological polar surface area (TPSA) is 36.3 Å². The fourth-order valence-electron chi connectivity index (χ4n) is 4.92. The third kappa shape index (κ3) is 7.86. The van der Waals surface area contributed by atoms with E-state index >= 15 is 0 Å². The Morgan fingerprint density at radius 1 is 0.692 bits per heavy atom. The maximum atomic E-state index is 6.25. The molecule has 0 aliphatic rings. The molecular weight excluding hydrogens is 496 g/mol. The molecule has 0 saturated heterocycles. The zero-order chi connectivity index (χ0) is 27.2. The zero-order valence-electron chi connectivity index (χ0n) is 23.5. The van der Waals surface area contributed by atoms with Crippen molar-refractivity contribution in [2.24, 2.45) is 0 Å². The molecule has 204 valence electrons. The Morgan fingerprint density at radius 3 is 1.79 bits per heavy atom. The van der Waals surface area contributed by atoms with Crippen LogP contribution >= 0.6 is 0 Å². The van der Waals surface area contributed by atoms with Gasteiger partial charge in [-0.05, 0) is 48.2 Å². The lowest BCUT2D eigenvalue weighted by Gasteiger charge is -2.37. The maximum Gasteiger partial charge on any atom is 0.127 e. The SMILES string of the molecule is CCCCCCOc1cccc(C([Si]c2ccccc2)(c2cccc(OCCCCCC)c2)n2ccnc2)c1. The summed E-state index contributed by atoms with van der Waals surface area (Å²) in [4.78, 5) is 4.49. The van der Waals surface area contributed by atoms with Crippen molar-refractivity contribution >= 4 is 14.7 Å². The Labute approximate surface area is 237 Å². The standard InChI is InChI=1S/C34H42N2O2Si/c1-3-5-7-12-24-37-31-18-14-16-29(26-31)34(36-23-22-35-28-36,39-33-20-10-9-11-21-33)30-17-15-19-32(27-30)38-25-13-8-6-4-2/h9-11,14-23,26-28H,3-8,12-13,24-25H2,1-2H3. The van der Waals surface area contributed by atoms with Crippen molar-refractivity contribution < 1.29 is 9.47 Å². The van der Waals surface area contributed by atoms with Crippen molar-refractivity contribution in [2.75, 3.05) is 13.2 Å². The van der Waals surface area contributed by atoms with Crippen molar-refractivity contribution in [2.45, 2.75) is 70.4 Å². The Hall–Kier alpha value is -3.31. The number of rotatable bonds is 17. The molecule has 0 spiro atoms.